The molecule has 10 aromatic carbocycles. The quantitative estimate of drug-likeness (QED) is 0.153. The maximum Gasteiger partial charge on any atom is 0.143 e. The summed E-state index contributed by atoms with van der Waals surface area (Å²) in [6, 6.07) is 84.1. The van der Waals surface area contributed by atoms with Gasteiger partial charge in [0.15, 0.2) is 0 Å². The monoisotopic (exact) mass is 805 g/mol. The van der Waals surface area contributed by atoms with Crippen molar-refractivity contribution < 1.29 is 8.83 Å². The van der Waals surface area contributed by atoms with Crippen molar-refractivity contribution in [2.24, 2.45) is 0 Å². The fourth-order valence-corrected chi connectivity index (χ4v) is 9.22. The first-order valence-corrected chi connectivity index (χ1v) is 21.4. The van der Waals surface area contributed by atoms with Crippen LogP contribution in [-0.4, -0.2) is 0 Å². The maximum absolute atomic E-state index is 6.59. The van der Waals surface area contributed by atoms with Gasteiger partial charge in [-0.2, -0.15) is 0 Å². The summed E-state index contributed by atoms with van der Waals surface area (Å²) in [4.78, 5) is 2.33. The summed E-state index contributed by atoms with van der Waals surface area (Å²) in [7, 11) is 0. The second-order valence-corrected chi connectivity index (χ2v) is 16.0. The Hall–Kier alpha value is -8.40. The van der Waals surface area contributed by atoms with Gasteiger partial charge < -0.3 is 13.7 Å². The van der Waals surface area contributed by atoms with Crippen LogP contribution in [0.5, 0.6) is 0 Å². The molecule has 0 bridgehead atoms. The van der Waals surface area contributed by atoms with Crippen molar-refractivity contribution in [2.45, 2.75) is 0 Å². The molecule has 2 aromatic heterocycles. The standard InChI is InChI=1S/C60H39NO2/c1-3-13-40(14-4-1)42-25-32-46(33-26-42)61(47-34-27-43(28-35-47)49-19-11-21-54-51-17-7-9-23-57(51)62-59(49)54)48-36-29-44(30-37-48)56-39-45(41-15-5-2-6-16-41)31-38-50(56)53-20-12-22-55-52-18-8-10-24-58(52)63-60(53)55/h1-39H. The molecule has 0 unspecified atom stereocenters. The molecule has 0 N–H and O–H groups in total. The van der Waals surface area contributed by atoms with Gasteiger partial charge in [0.25, 0.3) is 0 Å². The second kappa shape index (κ2) is 15.3. The molecule has 0 aliphatic heterocycles. The second-order valence-electron chi connectivity index (χ2n) is 16.0. The van der Waals surface area contributed by atoms with Crippen LogP contribution in [0.15, 0.2) is 245 Å². The van der Waals surface area contributed by atoms with Gasteiger partial charge in [-0.1, -0.05) is 182 Å². The van der Waals surface area contributed by atoms with Gasteiger partial charge in [0.1, 0.15) is 22.3 Å². The molecule has 0 spiro atoms. The zero-order valence-corrected chi connectivity index (χ0v) is 34.3. The fraction of sp³-hybridized carbons (Fsp3) is 0. The van der Waals surface area contributed by atoms with Crippen LogP contribution in [0.1, 0.15) is 0 Å². The van der Waals surface area contributed by atoms with Gasteiger partial charge in [0, 0.05) is 49.7 Å². The fourth-order valence-electron chi connectivity index (χ4n) is 9.22. The van der Waals surface area contributed by atoms with E-state index >= 15 is 0 Å². The van der Waals surface area contributed by atoms with Crippen molar-refractivity contribution in [3.8, 4) is 55.6 Å². The number of anilines is 3. The number of nitrogens with zero attached hydrogens (tertiary/aromatic N) is 1. The van der Waals surface area contributed by atoms with Crippen molar-refractivity contribution >= 4 is 60.9 Å². The molecule has 3 nitrogen and oxygen atoms in total. The Labute approximate surface area is 365 Å². The van der Waals surface area contributed by atoms with Gasteiger partial charge in [-0.15, -0.1) is 0 Å². The van der Waals surface area contributed by atoms with E-state index < -0.39 is 0 Å². The third kappa shape index (κ3) is 6.46. The highest BCUT2D eigenvalue weighted by atomic mass is 16.3. The molecule has 12 rings (SSSR count). The Morgan fingerprint density at radius 3 is 1.19 bits per heavy atom. The van der Waals surface area contributed by atoms with E-state index in [9.17, 15) is 0 Å². The number of furan rings is 2. The lowest BCUT2D eigenvalue weighted by Crippen LogP contribution is -2.09. The SMILES string of the molecule is c1ccc(-c2ccc(N(c3ccc(-c4cc(-c5ccccc5)ccc4-c4cccc5c4oc4ccccc45)cc3)c3ccc(-c4cccc5c4oc4ccccc45)cc3)cc2)cc1. The highest BCUT2D eigenvalue weighted by Gasteiger charge is 2.19. The van der Waals surface area contributed by atoms with Gasteiger partial charge in [-0.05, 0) is 99.1 Å². The lowest BCUT2D eigenvalue weighted by atomic mass is 9.90. The summed E-state index contributed by atoms with van der Waals surface area (Å²) < 4.78 is 13.0. The van der Waals surface area contributed by atoms with E-state index in [1.807, 2.05) is 24.3 Å². The normalized spacial score (nSPS) is 11.5. The molecule has 0 fully saturated rings. The van der Waals surface area contributed by atoms with E-state index in [0.29, 0.717) is 0 Å². The van der Waals surface area contributed by atoms with Crippen LogP contribution < -0.4 is 4.90 Å². The molecule has 0 saturated carbocycles. The highest BCUT2D eigenvalue weighted by molar-refractivity contribution is 6.11. The third-order valence-electron chi connectivity index (χ3n) is 12.3. The van der Waals surface area contributed by atoms with Gasteiger partial charge in [0.2, 0.25) is 0 Å². The average Bonchev–Trinajstić information content (AvgIpc) is 3.94. The average molecular weight is 806 g/mol. The van der Waals surface area contributed by atoms with Crippen molar-refractivity contribution in [1.29, 1.82) is 0 Å². The predicted molar refractivity (Wildman–Crippen MR) is 263 cm³/mol. The largest absolute Gasteiger partial charge is 0.455 e. The van der Waals surface area contributed by atoms with Crippen LogP contribution in [0.2, 0.25) is 0 Å². The van der Waals surface area contributed by atoms with Crippen molar-refractivity contribution in [1.82, 2.24) is 0 Å². The molecule has 0 amide bonds. The third-order valence-corrected chi connectivity index (χ3v) is 12.3. The summed E-state index contributed by atoms with van der Waals surface area (Å²) in [5.74, 6) is 0. The lowest BCUT2D eigenvalue weighted by molar-refractivity contribution is 0.669. The summed E-state index contributed by atoms with van der Waals surface area (Å²) in [6.45, 7) is 0. The molecule has 0 radical (unpaired) electrons. The summed E-state index contributed by atoms with van der Waals surface area (Å²) >= 11 is 0. The number of benzene rings is 10. The smallest absolute Gasteiger partial charge is 0.143 e. The van der Waals surface area contributed by atoms with Crippen molar-refractivity contribution in [3.63, 3.8) is 0 Å². The number of hydrogen-bond acceptors (Lipinski definition) is 3. The minimum atomic E-state index is 0.892. The number of para-hydroxylation sites is 4. The van der Waals surface area contributed by atoms with Crippen LogP contribution in [0.3, 0.4) is 0 Å². The van der Waals surface area contributed by atoms with E-state index in [0.717, 1.165) is 99.9 Å². The topological polar surface area (TPSA) is 29.5 Å². The number of hydrogen-bond donors (Lipinski definition) is 0. The molecule has 2 heterocycles. The molecule has 0 saturated heterocycles. The lowest BCUT2D eigenvalue weighted by Gasteiger charge is -2.26. The molecule has 0 aliphatic carbocycles. The van der Waals surface area contributed by atoms with Crippen LogP contribution in [0.4, 0.5) is 17.1 Å². The van der Waals surface area contributed by atoms with Crippen LogP contribution in [-0.2, 0) is 0 Å². The maximum atomic E-state index is 6.59. The van der Waals surface area contributed by atoms with Crippen LogP contribution in [0, 0.1) is 0 Å². The predicted octanol–water partition coefficient (Wildman–Crippen LogP) is 17.3. The molecule has 0 aliphatic rings. The van der Waals surface area contributed by atoms with E-state index in [2.05, 4.69) is 217 Å². The Bertz CT molecular complexity index is 3580. The van der Waals surface area contributed by atoms with Gasteiger partial charge in [-0.3, -0.25) is 0 Å². The van der Waals surface area contributed by atoms with Gasteiger partial charge in [0.05, 0.1) is 0 Å². The van der Waals surface area contributed by atoms with Gasteiger partial charge in [-0.25, -0.2) is 0 Å². The van der Waals surface area contributed by atoms with E-state index in [-0.39, 0.29) is 0 Å². The first-order valence-electron chi connectivity index (χ1n) is 21.4. The highest BCUT2D eigenvalue weighted by Crippen LogP contribution is 2.44. The minimum Gasteiger partial charge on any atom is -0.455 e. The van der Waals surface area contributed by atoms with Crippen molar-refractivity contribution in [3.05, 3.63) is 237 Å². The zero-order valence-electron chi connectivity index (χ0n) is 34.3. The first kappa shape index (κ1) is 36.5. The molecule has 3 heteroatoms. The van der Waals surface area contributed by atoms with E-state index in [4.69, 9.17) is 8.83 Å². The number of rotatable bonds is 8. The molecule has 296 valence electrons. The van der Waals surface area contributed by atoms with Crippen LogP contribution >= 0.6 is 0 Å². The molecular weight excluding hydrogens is 767 g/mol. The van der Waals surface area contributed by atoms with Crippen molar-refractivity contribution in [2.75, 3.05) is 4.90 Å². The van der Waals surface area contributed by atoms with E-state index in [1.54, 1.807) is 0 Å². The first-order chi connectivity index (χ1) is 31.2. The summed E-state index contributed by atoms with van der Waals surface area (Å²) in [5.41, 5.74) is 18.1. The number of fused-ring (bicyclic) bond motifs is 6. The Morgan fingerprint density at radius 1 is 0.238 bits per heavy atom. The Kier molecular flexibility index (Phi) is 8.83. The minimum absolute atomic E-state index is 0.892. The molecular formula is C60H39NO2. The zero-order chi connectivity index (χ0) is 41.7. The van der Waals surface area contributed by atoms with Gasteiger partial charge >= 0.3 is 0 Å². The molecule has 0 atom stereocenters. The molecule has 63 heavy (non-hydrogen) atoms. The van der Waals surface area contributed by atoms with Crippen LogP contribution in [0.25, 0.3) is 99.5 Å². The summed E-state index contributed by atoms with van der Waals surface area (Å²) in [6.07, 6.45) is 0. The van der Waals surface area contributed by atoms with E-state index in [1.165, 1.54) is 16.7 Å². The summed E-state index contributed by atoms with van der Waals surface area (Å²) in [5, 5.41) is 4.49. The Morgan fingerprint density at radius 2 is 0.635 bits per heavy atom. The molecule has 12 aromatic rings. The Balaban J connectivity index is 0.973.